The standard InChI is InChI=1S/C11H11F4NO/c1-2-17-6-5-7-9(16)4-3-8(10(7)12)11(13,14)15/h3-6H,2,16H2,1H3. The van der Waals surface area contributed by atoms with Crippen molar-refractivity contribution in [1.29, 1.82) is 0 Å². The van der Waals surface area contributed by atoms with Gasteiger partial charge in [-0.25, -0.2) is 4.39 Å². The Kier molecular flexibility index (Phi) is 3.98. The Balaban J connectivity index is 3.21. The molecule has 0 aliphatic carbocycles. The topological polar surface area (TPSA) is 35.2 Å². The van der Waals surface area contributed by atoms with Gasteiger partial charge in [-0.3, -0.25) is 0 Å². The Bertz CT molecular complexity index is 426. The van der Waals surface area contributed by atoms with E-state index in [4.69, 9.17) is 10.5 Å². The van der Waals surface area contributed by atoms with E-state index in [1.165, 1.54) is 0 Å². The fraction of sp³-hybridized carbons (Fsp3) is 0.273. The van der Waals surface area contributed by atoms with Crippen LogP contribution in [-0.2, 0) is 10.9 Å². The molecule has 0 spiro atoms. The Morgan fingerprint density at radius 1 is 1.35 bits per heavy atom. The zero-order valence-electron chi connectivity index (χ0n) is 9.01. The van der Waals surface area contributed by atoms with E-state index in [1.54, 1.807) is 6.92 Å². The van der Waals surface area contributed by atoms with Gasteiger partial charge in [0.15, 0.2) is 0 Å². The van der Waals surface area contributed by atoms with Gasteiger partial charge in [-0.1, -0.05) is 0 Å². The quantitative estimate of drug-likeness (QED) is 0.506. The Morgan fingerprint density at radius 2 is 2.00 bits per heavy atom. The number of benzene rings is 1. The van der Waals surface area contributed by atoms with Crippen LogP contribution in [0.3, 0.4) is 0 Å². The number of halogens is 4. The van der Waals surface area contributed by atoms with Crippen LogP contribution >= 0.6 is 0 Å². The van der Waals surface area contributed by atoms with Crippen LogP contribution in [0.25, 0.3) is 6.08 Å². The van der Waals surface area contributed by atoms with Crippen LogP contribution < -0.4 is 5.73 Å². The van der Waals surface area contributed by atoms with E-state index >= 15 is 0 Å². The molecule has 1 aromatic rings. The van der Waals surface area contributed by atoms with Crippen molar-refractivity contribution in [3.8, 4) is 0 Å². The molecular formula is C11H11F4NO. The molecule has 0 unspecified atom stereocenters. The first-order valence-electron chi connectivity index (χ1n) is 4.81. The first-order valence-corrected chi connectivity index (χ1v) is 4.81. The molecule has 0 radical (unpaired) electrons. The van der Waals surface area contributed by atoms with Gasteiger partial charge in [-0.05, 0) is 25.1 Å². The lowest BCUT2D eigenvalue weighted by Crippen LogP contribution is -2.10. The van der Waals surface area contributed by atoms with E-state index in [1.807, 2.05) is 0 Å². The van der Waals surface area contributed by atoms with Gasteiger partial charge < -0.3 is 10.5 Å². The highest BCUT2D eigenvalue weighted by molar-refractivity contribution is 5.65. The molecule has 0 bridgehead atoms. The fourth-order valence-corrected chi connectivity index (χ4v) is 1.21. The minimum Gasteiger partial charge on any atom is -0.501 e. The average Bonchev–Trinajstić information content (AvgIpc) is 2.21. The predicted molar refractivity (Wildman–Crippen MR) is 56.5 cm³/mol. The summed E-state index contributed by atoms with van der Waals surface area (Å²) in [5, 5.41) is 0. The molecule has 0 aliphatic heterocycles. The smallest absolute Gasteiger partial charge is 0.419 e. The molecule has 1 rings (SSSR count). The van der Waals surface area contributed by atoms with Gasteiger partial charge in [0, 0.05) is 11.3 Å². The van der Waals surface area contributed by atoms with E-state index in [0.717, 1.165) is 18.4 Å². The third kappa shape index (κ3) is 3.12. The number of hydrogen-bond donors (Lipinski definition) is 1. The lowest BCUT2D eigenvalue weighted by molar-refractivity contribution is -0.140. The molecule has 2 nitrogen and oxygen atoms in total. The lowest BCUT2D eigenvalue weighted by atomic mass is 10.1. The number of anilines is 1. The number of nitrogen functional groups attached to an aromatic ring is 1. The van der Waals surface area contributed by atoms with Gasteiger partial charge in [-0.15, -0.1) is 0 Å². The number of hydrogen-bond acceptors (Lipinski definition) is 2. The summed E-state index contributed by atoms with van der Waals surface area (Å²) >= 11 is 0. The summed E-state index contributed by atoms with van der Waals surface area (Å²) in [6.45, 7) is 2.02. The highest BCUT2D eigenvalue weighted by atomic mass is 19.4. The number of nitrogens with two attached hydrogens (primary N) is 1. The van der Waals surface area contributed by atoms with Crippen LogP contribution in [-0.4, -0.2) is 6.61 Å². The fourth-order valence-electron chi connectivity index (χ4n) is 1.21. The minimum absolute atomic E-state index is 0.0774. The summed E-state index contributed by atoms with van der Waals surface area (Å²) in [5.74, 6) is -1.39. The molecule has 0 atom stereocenters. The van der Waals surface area contributed by atoms with Crippen molar-refractivity contribution < 1.29 is 22.3 Å². The molecule has 0 aliphatic rings. The van der Waals surface area contributed by atoms with Crippen LogP contribution in [0.15, 0.2) is 18.4 Å². The van der Waals surface area contributed by atoms with Gasteiger partial charge in [0.25, 0.3) is 0 Å². The Hall–Kier alpha value is -1.72. The van der Waals surface area contributed by atoms with Crippen molar-refractivity contribution in [3.05, 3.63) is 35.3 Å². The van der Waals surface area contributed by atoms with Crippen molar-refractivity contribution in [3.63, 3.8) is 0 Å². The largest absolute Gasteiger partial charge is 0.501 e. The normalized spacial score (nSPS) is 12.1. The van der Waals surface area contributed by atoms with E-state index in [2.05, 4.69) is 0 Å². The van der Waals surface area contributed by atoms with Gasteiger partial charge in [0.1, 0.15) is 5.82 Å². The summed E-state index contributed by atoms with van der Waals surface area (Å²) in [6.07, 6.45) is -2.57. The molecule has 2 N–H and O–H groups in total. The second-order valence-electron chi connectivity index (χ2n) is 3.19. The number of rotatable bonds is 3. The molecule has 0 heterocycles. The van der Waals surface area contributed by atoms with Gasteiger partial charge in [0.2, 0.25) is 0 Å². The molecule has 0 saturated heterocycles. The maximum atomic E-state index is 13.5. The summed E-state index contributed by atoms with van der Waals surface area (Å²) in [5.41, 5.74) is 3.65. The zero-order chi connectivity index (χ0) is 13.1. The van der Waals surface area contributed by atoms with Crippen molar-refractivity contribution in [2.75, 3.05) is 12.3 Å². The molecule has 94 valence electrons. The molecule has 1 aromatic carbocycles. The van der Waals surface area contributed by atoms with Crippen LogP contribution in [0.5, 0.6) is 0 Å². The maximum Gasteiger partial charge on any atom is 0.419 e. The summed E-state index contributed by atoms with van der Waals surface area (Å²) in [4.78, 5) is 0. The SMILES string of the molecule is CCOC=Cc1c(N)ccc(C(F)(F)F)c1F. The highest BCUT2D eigenvalue weighted by Gasteiger charge is 2.35. The number of ether oxygens (including phenoxy) is 1. The third-order valence-corrected chi connectivity index (χ3v) is 2.02. The molecule has 0 amide bonds. The molecule has 6 heteroatoms. The van der Waals surface area contributed by atoms with Crippen molar-refractivity contribution in [2.24, 2.45) is 0 Å². The van der Waals surface area contributed by atoms with Gasteiger partial charge in [0.05, 0.1) is 18.4 Å². The van der Waals surface area contributed by atoms with E-state index < -0.39 is 17.6 Å². The molecule has 0 fully saturated rings. The van der Waals surface area contributed by atoms with Crippen molar-refractivity contribution >= 4 is 11.8 Å². The minimum atomic E-state index is -4.74. The van der Waals surface area contributed by atoms with Gasteiger partial charge in [-0.2, -0.15) is 13.2 Å². The molecule has 0 aromatic heterocycles. The van der Waals surface area contributed by atoms with Crippen molar-refractivity contribution in [2.45, 2.75) is 13.1 Å². The zero-order valence-corrected chi connectivity index (χ0v) is 9.01. The van der Waals surface area contributed by atoms with Crippen LogP contribution in [0.4, 0.5) is 23.2 Å². The van der Waals surface area contributed by atoms with E-state index in [0.29, 0.717) is 12.7 Å². The lowest BCUT2D eigenvalue weighted by Gasteiger charge is -2.11. The predicted octanol–water partition coefficient (Wildman–Crippen LogP) is 3.43. The average molecular weight is 249 g/mol. The third-order valence-electron chi connectivity index (χ3n) is 2.02. The summed E-state index contributed by atoms with van der Waals surface area (Å²) in [7, 11) is 0. The van der Waals surface area contributed by atoms with Gasteiger partial charge >= 0.3 is 6.18 Å². The maximum absolute atomic E-state index is 13.5. The Labute approximate surface area is 95.7 Å². The molecule has 0 saturated carbocycles. The van der Waals surface area contributed by atoms with Crippen molar-refractivity contribution in [1.82, 2.24) is 0 Å². The second-order valence-corrected chi connectivity index (χ2v) is 3.19. The molecule has 17 heavy (non-hydrogen) atoms. The summed E-state index contributed by atoms with van der Waals surface area (Å²) in [6, 6.07) is 1.63. The first-order chi connectivity index (χ1) is 7.88. The van der Waals surface area contributed by atoms with Crippen LogP contribution in [0.2, 0.25) is 0 Å². The first kappa shape index (κ1) is 13.3. The van der Waals surface area contributed by atoms with Crippen LogP contribution in [0, 0.1) is 5.82 Å². The summed E-state index contributed by atoms with van der Waals surface area (Å²) < 4.78 is 55.6. The molecular weight excluding hydrogens is 238 g/mol. The van der Waals surface area contributed by atoms with E-state index in [-0.39, 0.29) is 11.3 Å². The highest BCUT2D eigenvalue weighted by Crippen LogP contribution is 2.34. The van der Waals surface area contributed by atoms with E-state index in [9.17, 15) is 17.6 Å². The monoisotopic (exact) mass is 249 g/mol. The Morgan fingerprint density at radius 3 is 2.53 bits per heavy atom. The second kappa shape index (κ2) is 5.07. The van der Waals surface area contributed by atoms with Crippen LogP contribution in [0.1, 0.15) is 18.1 Å². The number of alkyl halides is 3.